The lowest BCUT2D eigenvalue weighted by atomic mass is 10.1. The molecular weight excluding hydrogens is 276 g/mol. The Morgan fingerprint density at radius 3 is 2.59 bits per heavy atom. The summed E-state index contributed by atoms with van der Waals surface area (Å²) in [7, 11) is 2.22. The number of nitrogens with zero attached hydrogens (tertiary/aromatic N) is 3. The first-order valence-electron chi connectivity index (χ1n) is 9.06. The van der Waals surface area contributed by atoms with Crippen molar-refractivity contribution in [2.45, 2.75) is 70.1 Å². The van der Waals surface area contributed by atoms with Crippen molar-refractivity contribution in [3.63, 3.8) is 0 Å². The summed E-state index contributed by atoms with van der Waals surface area (Å²) < 4.78 is 0. The minimum atomic E-state index is 0.139. The maximum absolute atomic E-state index is 12.4. The Morgan fingerprint density at radius 1 is 1.18 bits per heavy atom. The molecule has 0 radical (unpaired) electrons. The molecule has 0 aromatic heterocycles. The molecule has 1 N–H and O–H groups in total. The quantitative estimate of drug-likeness (QED) is 0.841. The van der Waals surface area contributed by atoms with Crippen molar-refractivity contribution in [3.05, 3.63) is 0 Å². The first-order chi connectivity index (χ1) is 10.6. The van der Waals surface area contributed by atoms with Crippen LogP contribution in [0.15, 0.2) is 0 Å². The van der Waals surface area contributed by atoms with Gasteiger partial charge in [-0.25, -0.2) is 4.79 Å². The molecule has 5 heteroatoms. The third kappa shape index (κ3) is 3.57. The molecule has 2 aliphatic heterocycles. The molecule has 2 bridgehead atoms. The summed E-state index contributed by atoms with van der Waals surface area (Å²) in [5.74, 6) is 0. The van der Waals surface area contributed by atoms with Gasteiger partial charge in [-0.05, 0) is 53.0 Å². The van der Waals surface area contributed by atoms with Crippen LogP contribution in [0.5, 0.6) is 0 Å². The minimum Gasteiger partial charge on any atom is -0.337 e. The van der Waals surface area contributed by atoms with E-state index in [1.807, 2.05) is 4.90 Å². The van der Waals surface area contributed by atoms with Crippen molar-refractivity contribution < 1.29 is 4.79 Å². The Kier molecular flexibility index (Phi) is 4.93. The number of fused-ring (bicyclic) bond motifs is 2. The summed E-state index contributed by atoms with van der Waals surface area (Å²) in [6.45, 7) is 8.06. The third-order valence-electron chi connectivity index (χ3n) is 5.76. The van der Waals surface area contributed by atoms with Crippen molar-refractivity contribution in [1.82, 2.24) is 20.0 Å². The molecule has 0 aromatic carbocycles. The predicted octanol–water partition coefficient (Wildman–Crippen LogP) is 1.74. The molecule has 2 heterocycles. The largest absolute Gasteiger partial charge is 0.337 e. The van der Waals surface area contributed by atoms with E-state index in [4.69, 9.17) is 0 Å². The lowest BCUT2D eigenvalue weighted by Crippen LogP contribution is -2.47. The molecule has 126 valence electrons. The van der Waals surface area contributed by atoms with Crippen molar-refractivity contribution in [3.8, 4) is 0 Å². The number of carbonyl (C=O) groups excluding carboxylic acids is 1. The summed E-state index contributed by atoms with van der Waals surface area (Å²) in [5.41, 5.74) is 0. The van der Waals surface area contributed by atoms with Crippen LogP contribution in [0, 0.1) is 0 Å². The SMILES string of the molecule is CC(C)N(CCNC(=O)N1CC[C@H]2CC[C@@H](C1)N2C)C1CC1. The van der Waals surface area contributed by atoms with E-state index in [0.29, 0.717) is 18.1 Å². The maximum atomic E-state index is 12.4. The number of nitrogens with one attached hydrogen (secondary N) is 1. The van der Waals surface area contributed by atoms with Crippen LogP contribution in [0.4, 0.5) is 4.79 Å². The van der Waals surface area contributed by atoms with E-state index < -0.39 is 0 Å². The molecule has 0 spiro atoms. The van der Waals surface area contributed by atoms with Crippen LogP contribution in [-0.4, -0.2) is 78.1 Å². The van der Waals surface area contributed by atoms with E-state index in [1.165, 1.54) is 25.7 Å². The van der Waals surface area contributed by atoms with Gasteiger partial charge in [-0.15, -0.1) is 0 Å². The summed E-state index contributed by atoms with van der Waals surface area (Å²) >= 11 is 0. The monoisotopic (exact) mass is 308 g/mol. The van der Waals surface area contributed by atoms with Gasteiger partial charge in [0.1, 0.15) is 0 Å². The number of hydrogen-bond acceptors (Lipinski definition) is 3. The zero-order chi connectivity index (χ0) is 15.7. The van der Waals surface area contributed by atoms with Gasteiger partial charge in [0.2, 0.25) is 0 Å². The number of rotatable bonds is 5. The lowest BCUT2D eigenvalue weighted by molar-refractivity contribution is 0.180. The molecule has 5 nitrogen and oxygen atoms in total. The van der Waals surface area contributed by atoms with Gasteiger partial charge >= 0.3 is 6.03 Å². The topological polar surface area (TPSA) is 38.8 Å². The first kappa shape index (κ1) is 16.1. The molecule has 3 rings (SSSR count). The summed E-state index contributed by atoms with van der Waals surface area (Å²) in [5, 5.41) is 3.15. The van der Waals surface area contributed by atoms with Gasteiger partial charge in [0.25, 0.3) is 0 Å². The van der Waals surface area contributed by atoms with Crippen LogP contribution < -0.4 is 5.32 Å². The van der Waals surface area contributed by atoms with Gasteiger partial charge in [-0.1, -0.05) is 0 Å². The average Bonchev–Trinajstić information content (AvgIpc) is 3.23. The number of urea groups is 1. The van der Waals surface area contributed by atoms with Crippen LogP contribution in [0.25, 0.3) is 0 Å². The van der Waals surface area contributed by atoms with Gasteiger partial charge in [0, 0.05) is 50.3 Å². The summed E-state index contributed by atoms with van der Waals surface area (Å²) in [6, 6.07) is 2.73. The minimum absolute atomic E-state index is 0.139. The van der Waals surface area contributed by atoms with Crippen LogP contribution in [0.1, 0.15) is 46.0 Å². The van der Waals surface area contributed by atoms with Crippen LogP contribution >= 0.6 is 0 Å². The Hall–Kier alpha value is -0.810. The van der Waals surface area contributed by atoms with E-state index in [0.717, 1.165) is 38.6 Å². The molecule has 0 unspecified atom stereocenters. The number of likely N-dealkylation sites (tertiary alicyclic amines) is 1. The Bertz CT molecular complexity index is 394. The van der Waals surface area contributed by atoms with Gasteiger partial charge in [-0.2, -0.15) is 0 Å². The van der Waals surface area contributed by atoms with E-state index >= 15 is 0 Å². The first-order valence-corrected chi connectivity index (χ1v) is 9.06. The molecule has 2 amide bonds. The smallest absolute Gasteiger partial charge is 0.317 e. The lowest BCUT2D eigenvalue weighted by Gasteiger charge is -2.28. The van der Waals surface area contributed by atoms with Crippen LogP contribution in [0.2, 0.25) is 0 Å². The van der Waals surface area contributed by atoms with Gasteiger partial charge < -0.3 is 10.2 Å². The van der Waals surface area contributed by atoms with E-state index in [9.17, 15) is 4.79 Å². The number of carbonyl (C=O) groups is 1. The number of likely N-dealkylation sites (N-methyl/N-ethyl adjacent to an activating group) is 1. The zero-order valence-electron chi connectivity index (χ0n) is 14.4. The Labute approximate surface area is 135 Å². The second-order valence-corrected chi connectivity index (χ2v) is 7.58. The predicted molar refractivity (Wildman–Crippen MR) is 89.0 cm³/mol. The van der Waals surface area contributed by atoms with Crippen molar-refractivity contribution >= 4 is 6.03 Å². The average molecular weight is 308 g/mol. The van der Waals surface area contributed by atoms with E-state index in [1.54, 1.807) is 0 Å². The normalized spacial score (nSPS) is 29.2. The molecule has 22 heavy (non-hydrogen) atoms. The van der Waals surface area contributed by atoms with Crippen LogP contribution in [-0.2, 0) is 0 Å². The van der Waals surface area contributed by atoms with Crippen molar-refractivity contribution in [2.24, 2.45) is 0 Å². The van der Waals surface area contributed by atoms with Crippen molar-refractivity contribution in [1.29, 1.82) is 0 Å². The van der Waals surface area contributed by atoms with Gasteiger partial charge in [0.05, 0.1) is 0 Å². The number of hydrogen-bond donors (Lipinski definition) is 1. The van der Waals surface area contributed by atoms with Crippen molar-refractivity contribution in [2.75, 3.05) is 33.2 Å². The van der Waals surface area contributed by atoms with Crippen LogP contribution in [0.3, 0.4) is 0 Å². The number of amides is 2. The molecule has 1 aliphatic carbocycles. The summed E-state index contributed by atoms with van der Waals surface area (Å²) in [6.07, 6.45) is 6.33. The van der Waals surface area contributed by atoms with E-state index in [2.05, 4.69) is 36.0 Å². The standard InChI is InChI=1S/C17H32N4O/c1-13(2)21(15-5-6-15)11-9-18-17(22)20-10-8-14-4-7-16(12-20)19(14)3/h13-16H,4-12H2,1-3H3,(H,18,22)/t14-,16+/m1/s1. The zero-order valence-corrected chi connectivity index (χ0v) is 14.4. The molecule has 3 aliphatic rings. The van der Waals surface area contributed by atoms with Gasteiger partial charge in [-0.3, -0.25) is 9.80 Å². The second kappa shape index (κ2) is 6.75. The molecule has 1 saturated carbocycles. The molecule has 3 fully saturated rings. The highest BCUT2D eigenvalue weighted by Crippen LogP contribution is 2.29. The Balaban J connectivity index is 1.44. The fraction of sp³-hybridized carbons (Fsp3) is 0.941. The Morgan fingerprint density at radius 2 is 1.91 bits per heavy atom. The maximum Gasteiger partial charge on any atom is 0.317 e. The highest BCUT2D eigenvalue weighted by atomic mass is 16.2. The highest BCUT2D eigenvalue weighted by molar-refractivity contribution is 5.74. The summed E-state index contributed by atoms with van der Waals surface area (Å²) in [4.78, 5) is 19.5. The molecular formula is C17H32N4O. The highest BCUT2D eigenvalue weighted by Gasteiger charge is 2.36. The molecule has 2 atom stereocenters. The van der Waals surface area contributed by atoms with E-state index in [-0.39, 0.29) is 6.03 Å². The van der Waals surface area contributed by atoms with Gasteiger partial charge in [0.15, 0.2) is 0 Å². The third-order valence-corrected chi connectivity index (χ3v) is 5.76. The second-order valence-electron chi connectivity index (χ2n) is 7.58. The molecule has 0 aromatic rings. The fourth-order valence-electron chi connectivity index (χ4n) is 4.17. The fourth-order valence-corrected chi connectivity index (χ4v) is 4.17. The molecule has 2 saturated heterocycles.